The third-order valence-corrected chi connectivity index (χ3v) is 1.85. The van der Waals surface area contributed by atoms with Gasteiger partial charge < -0.3 is 0 Å². The van der Waals surface area contributed by atoms with E-state index in [0.29, 0.717) is 0 Å². The Hall–Kier alpha value is 0. The molecule has 2 aliphatic carbocycles. The molecule has 0 aromatic rings. The molecule has 0 spiro atoms. The van der Waals surface area contributed by atoms with Crippen molar-refractivity contribution in [3.63, 3.8) is 0 Å². The monoisotopic (exact) mass is 156 g/mol. The minimum Gasteiger partial charge on any atom is -0.0654 e. The lowest BCUT2D eigenvalue weighted by molar-refractivity contribution is 0.504. The van der Waals surface area contributed by atoms with Crippen LogP contribution >= 0.6 is 0 Å². The van der Waals surface area contributed by atoms with Crippen LogP contribution in [0, 0.1) is 0 Å². The standard InChI is InChI=1S/C4H8.C4H10.C3H6/c1-2-4-3-1;1-3-4-2;1-2-3-1/h1-4H2;3-4H2,1-2H3;1-3H2. The first kappa shape index (κ1) is 11.0. The first-order chi connectivity index (χ1) is 5.41. The van der Waals surface area contributed by atoms with Gasteiger partial charge in [-0.25, -0.2) is 0 Å². The van der Waals surface area contributed by atoms with Crippen LogP contribution in [0.4, 0.5) is 0 Å². The fourth-order valence-electron chi connectivity index (χ4n) is 0.250. The highest BCUT2D eigenvalue weighted by molar-refractivity contribution is 4.51. The maximum atomic E-state index is 2.18. The second-order valence-electron chi connectivity index (χ2n) is 3.47. The summed E-state index contributed by atoms with van der Waals surface area (Å²) in [7, 11) is 0. The van der Waals surface area contributed by atoms with Crippen LogP contribution in [-0.2, 0) is 0 Å². The number of hydrogen-bond donors (Lipinski definition) is 0. The zero-order valence-corrected chi connectivity index (χ0v) is 8.36. The van der Waals surface area contributed by atoms with E-state index in [2.05, 4.69) is 13.8 Å². The summed E-state index contributed by atoms with van der Waals surface area (Å²) in [5.41, 5.74) is 0. The predicted molar refractivity (Wildman–Crippen MR) is 52.9 cm³/mol. The van der Waals surface area contributed by atoms with E-state index in [1.165, 1.54) is 57.8 Å². The molecule has 0 aliphatic heterocycles. The topological polar surface area (TPSA) is 0 Å². The van der Waals surface area contributed by atoms with Crippen LogP contribution in [0.1, 0.15) is 71.6 Å². The summed E-state index contributed by atoms with van der Waals surface area (Å²) in [5, 5.41) is 0. The van der Waals surface area contributed by atoms with Gasteiger partial charge in [-0.15, -0.1) is 0 Å². The van der Waals surface area contributed by atoms with E-state index in [1.807, 2.05) is 0 Å². The van der Waals surface area contributed by atoms with Crippen LogP contribution in [0.25, 0.3) is 0 Å². The van der Waals surface area contributed by atoms with Gasteiger partial charge in [0, 0.05) is 0 Å². The molecule has 0 saturated heterocycles. The Bertz CT molecular complexity index is 42.3. The zero-order valence-electron chi connectivity index (χ0n) is 8.36. The lowest BCUT2D eigenvalue weighted by atomic mass is 10.0. The molecule has 0 atom stereocenters. The van der Waals surface area contributed by atoms with Gasteiger partial charge in [-0.3, -0.25) is 0 Å². The number of rotatable bonds is 1. The minimum atomic E-state index is 1.32. The first-order valence-electron chi connectivity index (χ1n) is 5.41. The van der Waals surface area contributed by atoms with Gasteiger partial charge in [0.15, 0.2) is 0 Å². The van der Waals surface area contributed by atoms with Crippen molar-refractivity contribution in [1.29, 1.82) is 0 Å². The smallest absolute Gasteiger partial charge is 0.0533 e. The summed E-state index contributed by atoms with van der Waals surface area (Å²) in [4.78, 5) is 0. The molecule has 2 aliphatic rings. The summed E-state index contributed by atoms with van der Waals surface area (Å²) in [6.45, 7) is 4.36. The van der Waals surface area contributed by atoms with Crippen LogP contribution < -0.4 is 0 Å². The fourth-order valence-corrected chi connectivity index (χ4v) is 0.250. The Kier molecular flexibility index (Phi) is 10.0. The van der Waals surface area contributed by atoms with E-state index >= 15 is 0 Å². The summed E-state index contributed by atoms with van der Waals surface area (Å²) in [6, 6.07) is 0. The average molecular weight is 156 g/mol. The molecule has 2 rings (SSSR count). The van der Waals surface area contributed by atoms with Crippen LogP contribution in [0.5, 0.6) is 0 Å². The Morgan fingerprint density at radius 3 is 0.727 bits per heavy atom. The van der Waals surface area contributed by atoms with E-state index in [1.54, 1.807) is 0 Å². The van der Waals surface area contributed by atoms with Crippen molar-refractivity contribution in [3.05, 3.63) is 0 Å². The van der Waals surface area contributed by atoms with Crippen LogP contribution in [0.2, 0.25) is 0 Å². The molecule has 0 unspecified atom stereocenters. The summed E-state index contributed by atoms with van der Waals surface area (Å²) in [5.74, 6) is 0. The molecule has 0 radical (unpaired) electrons. The van der Waals surface area contributed by atoms with Gasteiger partial charge in [-0.1, -0.05) is 71.6 Å². The van der Waals surface area contributed by atoms with Gasteiger partial charge in [0.25, 0.3) is 0 Å². The SMILES string of the molecule is C1CC1.C1CCC1.CCCC. The quantitative estimate of drug-likeness (QED) is 0.523. The Morgan fingerprint density at radius 1 is 0.545 bits per heavy atom. The van der Waals surface area contributed by atoms with Gasteiger partial charge in [0.05, 0.1) is 0 Å². The number of hydrogen-bond acceptors (Lipinski definition) is 0. The maximum Gasteiger partial charge on any atom is -0.0533 e. The van der Waals surface area contributed by atoms with Crippen molar-refractivity contribution >= 4 is 0 Å². The highest BCUT2D eigenvalue weighted by atomic mass is 14.0. The van der Waals surface area contributed by atoms with Gasteiger partial charge >= 0.3 is 0 Å². The molecule has 0 heteroatoms. The second kappa shape index (κ2) is 10.0. The van der Waals surface area contributed by atoms with Crippen molar-refractivity contribution in [3.8, 4) is 0 Å². The van der Waals surface area contributed by atoms with Crippen molar-refractivity contribution in [2.24, 2.45) is 0 Å². The lowest BCUT2D eigenvalue weighted by Gasteiger charge is -2.05. The van der Waals surface area contributed by atoms with E-state index in [0.717, 1.165) is 0 Å². The molecule has 0 bridgehead atoms. The van der Waals surface area contributed by atoms with Gasteiger partial charge in [0.2, 0.25) is 0 Å². The largest absolute Gasteiger partial charge is 0.0654 e. The predicted octanol–water partition coefficient (Wildman–Crippen LogP) is 4.54. The van der Waals surface area contributed by atoms with Crippen molar-refractivity contribution in [1.82, 2.24) is 0 Å². The van der Waals surface area contributed by atoms with Crippen molar-refractivity contribution < 1.29 is 0 Å². The molecule has 0 nitrogen and oxygen atoms in total. The normalized spacial score (nSPS) is 18.0. The van der Waals surface area contributed by atoms with Crippen molar-refractivity contribution in [2.75, 3.05) is 0 Å². The van der Waals surface area contributed by atoms with E-state index < -0.39 is 0 Å². The third-order valence-electron chi connectivity index (χ3n) is 1.85. The maximum absolute atomic E-state index is 2.18. The van der Waals surface area contributed by atoms with Crippen LogP contribution in [0.15, 0.2) is 0 Å². The third kappa shape index (κ3) is 17.8. The van der Waals surface area contributed by atoms with Gasteiger partial charge in [-0.2, -0.15) is 0 Å². The summed E-state index contributed by atoms with van der Waals surface area (Å²) in [6.07, 6.45) is 13.1. The highest BCUT2D eigenvalue weighted by Crippen LogP contribution is 2.15. The molecule has 0 heterocycles. The second-order valence-corrected chi connectivity index (χ2v) is 3.47. The van der Waals surface area contributed by atoms with E-state index in [9.17, 15) is 0 Å². The van der Waals surface area contributed by atoms with Gasteiger partial charge in [-0.05, 0) is 0 Å². The molecular weight excluding hydrogens is 132 g/mol. The molecule has 68 valence electrons. The minimum absolute atomic E-state index is 1.32. The molecule has 0 aromatic heterocycles. The Labute approximate surface area is 72.4 Å². The van der Waals surface area contributed by atoms with Crippen LogP contribution in [-0.4, -0.2) is 0 Å². The molecule has 2 fully saturated rings. The molecule has 0 amide bonds. The van der Waals surface area contributed by atoms with Crippen LogP contribution in [0.3, 0.4) is 0 Å². The fraction of sp³-hybridized carbons (Fsp3) is 1.00. The molecule has 2 saturated carbocycles. The first-order valence-corrected chi connectivity index (χ1v) is 5.41. The Morgan fingerprint density at radius 2 is 0.727 bits per heavy atom. The summed E-state index contributed by atoms with van der Waals surface area (Å²) < 4.78 is 0. The zero-order chi connectivity index (χ0) is 8.36. The highest BCUT2D eigenvalue weighted by Gasteiger charge is 1.95. The molecule has 0 aromatic carbocycles. The van der Waals surface area contributed by atoms with E-state index in [4.69, 9.17) is 0 Å². The molecule has 0 N–H and O–H groups in total. The van der Waals surface area contributed by atoms with Gasteiger partial charge in [0.1, 0.15) is 0 Å². The average Bonchev–Trinajstić information content (AvgIpc) is 2.67. The van der Waals surface area contributed by atoms with E-state index in [-0.39, 0.29) is 0 Å². The lowest BCUT2D eigenvalue weighted by Crippen LogP contribution is -1.85. The van der Waals surface area contributed by atoms with Crippen molar-refractivity contribution in [2.45, 2.75) is 71.6 Å². The summed E-state index contributed by atoms with van der Waals surface area (Å²) >= 11 is 0. The number of unbranched alkanes of at least 4 members (excludes halogenated alkanes) is 1. The molecule has 11 heavy (non-hydrogen) atoms. The molecular formula is C11H24. The Balaban J connectivity index is 0.000000137.